The molecule has 0 aliphatic heterocycles. The van der Waals surface area contributed by atoms with E-state index < -0.39 is 36.7 Å². The van der Waals surface area contributed by atoms with Crippen molar-refractivity contribution in [2.24, 2.45) is 0 Å². The lowest BCUT2D eigenvalue weighted by Crippen LogP contribution is -2.59. The van der Waals surface area contributed by atoms with Crippen molar-refractivity contribution < 1.29 is 36.0 Å². The molecule has 2 rings (SSSR count). The van der Waals surface area contributed by atoms with E-state index in [0.717, 1.165) is 0 Å². The Labute approximate surface area is 132 Å². The summed E-state index contributed by atoms with van der Waals surface area (Å²) in [6, 6.07) is 5.56. The predicted molar refractivity (Wildman–Crippen MR) is 71.0 cm³/mol. The number of hydrogen-bond acceptors (Lipinski definition) is 4. The van der Waals surface area contributed by atoms with Crippen LogP contribution in [0.5, 0.6) is 0 Å². The van der Waals surface area contributed by atoms with Gasteiger partial charge in [-0.3, -0.25) is 9.59 Å². The van der Waals surface area contributed by atoms with Crippen molar-refractivity contribution in [3.63, 3.8) is 0 Å². The maximum absolute atomic E-state index is 13.7. The molecule has 0 aromatic carbocycles. The molecule has 10 heteroatoms. The van der Waals surface area contributed by atoms with E-state index >= 15 is 0 Å². The van der Waals surface area contributed by atoms with Crippen molar-refractivity contribution in [2.45, 2.75) is 24.9 Å². The Morgan fingerprint density at radius 3 is 1.50 bits per heavy atom. The molecule has 0 saturated carbocycles. The summed E-state index contributed by atoms with van der Waals surface area (Å²) in [4.78, 5) is 22.7. The third-order valence-electron chi connectivity index (χ3n) is 2.97. The first kappa shape index (κ1) is 17.6. The lowest BCUT2D eigenvalue weighted by molar-refractivity contribution is -0.211. The van der Waals surface area contributed by atoms with Crippen molar-refractivity contribution in [1.29, 1.82) is 0 Å². The molecule has 2 aromatic heterocycles. The van der Waals surface area contributed by atoms with Gasteiger partial charge >= 0.3 is 11.8 Å². The number of carbonyl (C=O) groups excluding carboxylic acids is 2. The van der Waals surface area contributed by atoms with E-state index in [4.69, 9.17) is 8.83 Å². The highest BCUT2D eigenvalue weighted by molar-refractivity contribution is 5.95. The van der Waals surface area contributed by atoms with Gasteiger partial charge in [0.1, 0.15) is 11.5 Å². The first-order chi connectivity index (χ1) is 11.2. The molecule has 6 nitrogen and oxygen atoms in total. The van der Waals surface area contributed by atoms with Crippen LogP contribution in [0.15, 0.2) is 45.6 Å². The highest BCUT2D eigenvalue weighted by atomic mass is 19.3. The van der Waals surface area contributed by atoms with Gasteiger partial charge in [-0.15, -0.1) is 0 Å². The minimum atomic E-state index is -5.24. The molecule has 2 N–H and O–H groups in total. The molecule has 0 atom stereocenters. The minimum absolute atomic E-state index is 0.0877. The van der Waals surface area contributed by atoms with Gasteiger partial charge in [0.15, 0.2) is 0 Å². The zero-order chi connectivity index (χ0) is 17.8. The Kier molecular flexibility index (Phi) is 4.96. The van der Waals surface area contributed by atoms with Crippen molar-refractivity contribution in [1.82, 2.24) is 10.6 Å². The van der Waals surface area contributed by atoms with Gasteiger partial charge in [-0.2, -0.15) is 17.6 Å². The molecule has 0 spiro atoms. The average molecular weight is 348 g/mol. The lowest BCUT2D eigenvalue weighted by atomic mass is 10.1. The van der Waals surface area contributed by atoms with E-state index in [2.05, 4.69) is 0 Å². The Bertz CT molecular complexity index is 623. The molecule has 2 heterocycles. The largest absolute Gasteiger partial charge is 0.467 e. The number of carbonyl (C=O) groups is 2. The topological polar surface area (TPSA) is 84.5 Å². The van der Waals surface area contributed by atoms with Gasteiger partial charge in [0, 0.05) is 0 Å². The molecule has 0 saturated heterocycles. The second-order valence-electron chi connectivity index (χ2n) is 4.67. The van der Waals surface area contributed by atoms with Crippen molar-refractivity contribution in [3.8, 4) is 0 Å². The van der Waals surface area contributed by atoms with Crippen LogP contribution in [0.25, 0.3) is 0 Å². The summed E-state index contributed by atoms with van der Waals surface area (Å²) < 4.78 is 64.2. The Morgan fingerprint density at radius 2 is 1.21 bits per heavy atom. The van der Waals surface area contributed by atoms with Crippen LogP contribution in [-0.2, 0) is 22.7 Å². The molecule has 2 aromatic rings. The number of nitrogens with one attached hydrogen (secondary N) is 2. The third-order valence-corrected chi connectivity index (χ3v) is 2.97. The van der Waals surface area contributed by atoms with Crippen molar-refractivity contribution in [3.05, 3.63) is 48.3 Å². The fraction of sp³-hybridized carbons (Fsp3) is 0.286. The van der Waals surface area contributed by atoms with E-state index in [1.807, 2.05) is 0 Å². The SMILES string of the molecule is O=C(NCc1ccco1)C(F)(F)C(F)(F)C(=O)NCc1ccco1. The van der Waals surface area contributed by atoms with Gasteiger partial charge in [-0.05, 0) is 24.3 Å². The van der Waals surface area contributed by atoms with E-state index in [0.29, 0.717) is 0 Å². The number of rotatable bonds is 7. The van der Waals surface area contributed by atoms with E-state index in [-0.39, 0.29) is 11.5 Å². The van der Waals surface area contributed by atoms with E-state index in [9.17, 15) is 27.2 Å². The smallest absolute Gasteiger partial charge is 0.395 e. The fourth-order valence-electron chi connectivity index (χ4n) is 1.67. The summed E-state index contributed by atoms with van der Waals surface area (Å²) in [5.41, 5.74) is 0. The lowest BCUT2D eigenvalue weighted by Gasteiger charge is -2.24. The monoisotopic (exact) mass is 348 g/mol. The van der Waals surface area contributed by atoms with Crippen LogP contribution in [-0.4, -0.2) is 23.7 Å². The first-order valence-corrected chi connectivity index (χ1v) is 6.62. The van der Waals surface area contributed by atoms with Gasteiger partial charge in [0.25, 0.3) is 11.8 Å². The molecule has 130 valence electrons. The van der Waals surface area contributed by atoms with Gasteiger partial charge < -0.3 is 19.5 Å². The maximum atomic E-state index is 13.7. The number of alkyl halides is 4. The second kappa shape index (κ2) is 6.77. The van der Waals surface area contributed by atoms with Crippen LogP contribution in [0.2, 0.25) is 0 Å². The molecule has 0 radical (unpaired) electrons. The van der Waals surface area contributed by atoms with Crippen LogP contribution < -0.4 is 10.6 Å². The van der Waals surface area contributed by atoms with Gasteiger partial charge in [-0.25, -0.2) is 0 Å². The predicted octanol–water partition coefficient (Wildman–Crippen LogP) is 2.08. The molecule has 0 unspecified atom stereocenters. The Morgan fingerprint density at radius 1 is 0.833 bits per heavy atom. The minimum Gasteiger partial charge on any atom is -0.467 e. The van der Waals surface area contributed by atoms with Crippen LogP contribution >= 0.6 is 0 Å². The molecule has 0 aliphatic rings. The summed E-state index contributed by atoms with van der Waals surface area (Å²) in [6.45, 7) is -1.04. The van der Waals surface area contributed by atoms with E-state index in [1.165, 1.54) is 36.8 Å². The van der Waals surface area contributed by atoms with Crippen LogP contribution in [0.4, 0.5) is 17.6 Å². The molecule has 0 bridgehead atoms. The third kappa shape index (κ3) is 3.58. The molecule has 0 fully saturated rings. The summed E-state index contributed by atoms with van der Waals surface area (Å²) in [6.07, 6.45) is 2.44. The van der Waals surface area contributed by atoms with Crippen LogP contribution in [0.1, 0.15) is 11.5 Å². The molecule has 24 heavy (non-hydrogen) atoms. The average Bonchev–Trinajstić information content (AvgIpc) is 3.23. The number of halogens is 4. The van der Waals surface area contributed by atoms with Crippen molar-refractivity contribution in [2.75, 3.05) is 0 Å². The number of hydrogen-bond donors (Lipinski definition) is 2. The summed E-state index contributed by atoms with van der Waals surface area (Å²) in [7, 11) is 0. The second-order valence-corrected chi connectivity index (χ2v) is 4.67. The summed E-state index contributed by atoms with van der Waals surface area (Å²) in [5, 5.41) is 3.19. The fourth-order valence-corrected chi connectivity index (χ4v) is 1.67. The first-order valence-electron chi connectivity index (χ1n) is 6.62. The van der Waals surface area contributed by atoms with Gasteiger partial charge in [-0.1, -0.05) is 0 Å². The van der Waals surface area contributed by atoms with Crippen molar-refractivity contribution >= 4 is 11.8 Å². The molecular formula is C14H12F4N2O4. The maximum Gasteiger partial charge on any atom is 0.395 e. The van der Waals surface area contributed by atoms with Crippen LogP contribution in [0, 0.1) is 0 Å². The summed E-state index contributed by atoms with van der Waals surface area (Å²) in [5.74, 6) is -14.9. The van der Waals surface area contributed by atoms with Crippen LogP contribution in [0.3, 0.4) is 0 Å². The Balaban J connectivity index is 1.98. The van der Waals surface area contributed by atoms with E-state index in [1.54, 1.807) is 10.6 Å². The summed E-state index contributed by atoms with van der Waals surface area (Å²) >= 11 is 0. The zero-order valence-electron chi connectivity index (χ0n) is 12.0. The van der Waals surface area contributed by atoms with Gasteiger partial charge in [0.2, 0.25) is 0 Å². The standard InChI is InChI=1S/C14H12F4N2O4/c15-13(16,11(21)19-7-9-3-1-5-23-9)14(17,18)12(22)20-8-10-4-2-6-24-10/h1-6H,7-8H2,(H,19,21)(H,20,22). The zero-order valence-corrected chi connectivity index (χ0v) is 12.0. The van der Waals surface area contributed by atoms with Gasteiger partial charge in [0.05, 0.1) is 25.6 Å². The number of furan rings is 2. The highest BCUT2D eigenvalue weighted by Gasteiger charge is 2.66. The normalized spacial score (nSPS) is 12.0. The molecule has 2 amide bonds. The molecule has 0 aliphatic carbocycles. The number of amides is 2. The highest BCUT2D eigenvalue weighted by Crippen LogP contribution is 2.34. The quantitative estimate of drug-likeness (QED) is 0.751. The Hall–Kier alpha value is -2.78. The molecular weight excluding hydrogens is 336 g/mol.